The van der Waals surface area contributed by atoms with Crippen LogP contribution in [0.4, 0.5) is 0 Å². The second-order valence-electron chi connectivity index (χ2n) is 17.9. The lowest BCUT2D eigenvalue weighted by molar-refractivity contribution is -0.165. The van der Waals surface area contributed by atoms with Gasteiger partial charge in [-0.2, -0.15) is 0 Å². The Morgan fingerprint density at radius 2 is 0.689 bits per heavy atom. The third-order valence-corrected chi connectivity index (χ3v) is 16.6. The Morgan fingerprint density at radius 1 is 0.311 bits per heavy atom. The number of hydrogen-bond acceptors (Lipinski definition) is 0. The van der Waals surface area contributed by atoms with E-state index in [9.17, 15) is 0 Å². The van der Waals surface area contributed by atoms with Crippen molar-refractivity contribution in [3.8, 4) is 0 Å². The number of fused-ring (bicyclic) bond motifs is 9. The van der Waals surface area contributed by atoms with Gasteiger partial charge in [-0.05, 0) is 140 Å². The molecule has 0 amide bonds. The molecule has 0 aliphatic heterocycles. The van der Waals surface area contributed by atoms with Crippen LogP contribution in [-0.2, 0) is 0 Å². The summed E-state index contributed by atoms with van der Waals surface area (Å²) in [5.41, 5.74) is 0. The third-order valence-electron chi connectivity index (χ3n) is 16.6. The quantitative estimate of drug-likeness (QED) is 0.296. The van der Waals surface area contributed by atoms with Gasteiger partial charge < -0.3 is 0 Å². The smallest absolute Gasteiger partial charge is 0.0323 e. The van der Waals surface area contributed by atoms with Crippen molar-refractivity contribution < 1.29 is 0 Å². The highest BCUT2D eigenvalue weighted by Crippen LogP contribution is 2.68. The van der Waals surface area contributed by atoms with Gasteiger partial charge in [0.25, 0.3) is 0 Å². The van der Waals surface area contributed by atoms with Gasteiger partial charge in [-0.3, -0.25) is 0 Å². The van der Waals surface area contributed by atoms with E-state index in [4.69, 9.17) is 0 Å². The average Bonchev–Trinajstić information content (AvgIpc) is 3.13. The first-order chi connectivity index (χ1) is 22.3. The predicted octanol–water partition coefficient (Wildman–Crippen LogP) is 13.3. The van der Waals surface area contributed by atoms with Crippen molar-refractivity contribution in [1.82, 2.24) is 0 Å². The maximum Gasteiger partial charge on any atom is -0.0323 e. The van der Waals surface area contributed by atoms with Crippen LogP contribution >= 0.6 is 0 Å². The second-order valence-corrected chi connectivity index (χ2v) is 17.9. The van der Waals surface area contributed by atoms with Crippen LogP contribution in [0.2, 0.25) is 0 Å². The molecule has 9 rings (SSSR count). The normalized spacial score (nSPS) is 47.3. The molecule has 0 aromatic heterocycles. The highest BCUT2D eigenvalue weighted by Gasteiger charge is 2.60. The molecular weight excluding hydrogens is 540 g/mol. The summed E-state index contributed by atoms with van der Waals surface area (Å²) in [6, 6.07) is 12.0. The lowest BCUT2D eigenvalue weighted by atomic mass is 9.40. The fourth-order valence-corrected chi connectivity index (χ4v) is 15.1. The number of benzene rings is 1. The lowest BCUT2D eigenvalue weighted by Gasteiger charge is -2.65. The van der Waals surface area contributed by atoms with Gasteiger partial charge in [-0.1, -0.05) is 141 Å². The van der Waals surface area contributed by atoms with Crippen molar-refractivity contribution in [3.05, 3.63) is 36.4 Å². The molecule has 0 saturated heterocycles. The molecule has 252 valence electrons. The number of rotatable bonds is 1. The Labute approximate surface area is 280 Å². The van der Waals surface area contributed by atoms with Gasteiger partial charge in [-0.15, -0.1) is 0 Å². The molecule has 8 saturated carbocycles. The Balaban J connectivity index is 0.000000362. The van der Waals surface area contributed by atoms with E-state index in [2.05, 4.69) is 6.92 Å². The minimum absolute atomic E-state index is 1.05. The van der Waals surface area contributed by atoms with Crippen LogP contribution in [-0.4, -0.2) is 0 Å². The first-order valence-corrected chi connectivity index (χ1v) is 21.3. The zero-order valence-corrected chi connectivity index (χ0v) is 30.0. The van der Waals surface area contributed by atoms with E-state index in [-0.39, 0.29) is 0 Å². The second kappa shape index (κ2) is 15.2. The molecule has 0 heterocycles. The summed E-state index contributed by atoms with van der Waals surface area (Å²) in [4.78, 5) is 0. The van der Waals surface area contributed by atoms with E-state index in [0.717, 1.165) is 88.8 Å². The van der Waals surface area contributed by atoms with Crippen LogP contribution in [0.25, 0.3) is 0 Å². The van der Waals surface area contributed by atoms with Gasteiger partial charge in [0.05, 0.1) is 0 Å². The molecule has 0 heteroatoms. The Hall–Kier alpha value is -0.780. The van der Waals surface area contributed by atoms with E-state index in [1.54, 1.807) is 135 Å². The monoisotopic (exact) mass is 613 g/mol. The highest BCUT2D eigenvalue weighted by atomic mass is 14.7. The van der Waals surface area contributed by atoms with Crippen LogP contribution in [0.15, 0.2) is 36.4 Å². The molecule has 14 unspecified atom stereocenters. The summed E-state index contributed by atoms with van der Waals surface area (Å²) in [6.45, 7) is 6.81. The molecular formula is C45H72. The predicted molar refractivity (Wildman–Crippen MR) is 193 cm³/mol. The summed E-state index contributed by atoms with van der Waals surface area (Å²) in [7, 11) is 0. The largest absolute Gasteiger partial charge is 0.0683 e. The Bertz CT molecular complexity index is 979. The first kappa shape index (κ1) is 32.8. The van der Waals surface area contributed by atoms with Gasteiger partial charge in [0.15, 0.2) is 0 Å². The fraction of sp³-hybridized carbons (Fsp3) is 0.867. The summed E-state index contributed by atoms with van der Waals surface area (Å²) in [5, 5.41) is 0. The average molecular weight is 613 g/mol. The van der Waals surface area contributed by atoms with E-state index >= 15 is 0 Å². The third kappa shape index (κ3) is 6.51. The number of hydrogen-bond donors (Lipinski definition) is 0. The van der Waals surface area contributed by atoms with Gasteiger partial charge in [0.1, 0.15) is 0 Å². The van der Waals surface area contributed by atoms with Crippen molar-refractivity contribution >= 4 is 0 Å². The molecule has 1 aromatic carbocycles. The van der Waals surface area contributed by atoms with Crippen LogP contribution in [0.3, 0.4) is 0 Å². The molecule has 45 heavy (non-hydrogen) atoms. The van der Waals surface area contributed by atoms with Gasteiger partial charge >= 0.3 is 0 Å². The zero-order chi connectivity index (χ0) is 30.8. The van der Waals surface area contributed by atoms with Crippen molar-refractivity contribution in [2.45, 2.75) is 156 Å². The fourth-order valence-electron chi connectivity index (χ4n) is 15.1. The summed E-state index contributed by atoms with van der Waals surface area (Å²) < 4.78 is 0. The van der Waals surface area contributed by atoms with E-state index in [1.165, 1.54) is 0 Å². The summed E-state index contributed by atoms with van der Waals surface area (Å²) in [6.07, 6.45) is 33.8. The van der Waals surface area contributed by atoms with Crippen molar-refractivity contribution in [2.24, 2.45) is 88.8 Å². The standard InChI is InChI=1S/C37H60.C6H6.C2H6/c1-23-27-15-7-10-18-30(27)37(24-11-3-2-4-12-24)36-22-34-29-17-9-8-16-28(29)32-19-25-13-5-6-14-26(25)20-33(32)35(34)21-31(23)36;1-2-4-6-5-3-1;1-2/h23-37H,2-22H2,1H3;1-6H;1-2H3. The minimum atomic E-state index is 1.05. The van der Waals surface area contributed by atoms with Crippen LogP contribution in [0.1, 0.15) is 156 Å². The van der Waals surface area contributed by atoms with Crippen molar-refractivity contribution in [3.63, 3.8) is 0 Å². The van der Waals surface area contributed by atoms with Crippen molar-refractivity contribution in [2.75, 3.05) is 0 Å². The molecule has 0 nitrogen and oxygen atoms in total. The molecule has 0 bridgehead atoms. The maximum absolute atomic E-state index is 2.81. The van der Waals surface area contributed by atoms with Crippen LogP contribution < -0.4 is 0 Å². The van der Waals surface area contributed by atoms with Gasteiger partial charge in [-0.25, -0.2) is 0 Å². The molecule has 8 aliphatic carbocycles. The molecule has 8 aliphatic rings. The lowest BCUT2D eigenvalue weighted by Crippen LogP contribution is -2.58. The van der Waals surface area contributed by atoms with Crippen LogP contribution in [0.5, 0.6) is 0 Å². The Morgan fingerprint density at radius 3 is 1.27 bits per heavy atom. The van der Waals surface area contributed by atoms with E-state index in [0.29, 0.717) is 0 Å². The zero-order valence-electron chi connectivity index (χ0n) is 30.0. The molecule has 1 aromatic rings. The van der Waals surface area contributed by atoms with Crippen LogP contribution in [0, 0.1) is 88.8 Å². The molecule has 8 fully saturated rings. The van der Waals surface area contributed by atoms with Gasteiger partial charge in [0.2, 0.25) is 0 Å². The van der Waals surface area contributed by atoms with E-state index in [1.807, 2.05) is 50.2 Å². The summed E-state index contributed by atoms with van der Waals surface area (Å²) in [5.74, 6) is 16.9. The first-order valence-electron chi connectivity index (χ1n) is 21.3. The van der Waals surface area contributed by atoms with E-state index < -0.39 is 0 Å². The molecule has 0 N–H and O–H groups in total. The molecule has 0 spiro atoms. The highest BCUT2D eigenvalue weighted by molar-refractivity contribution is 5.09. The molecule has 14 atom stereocenters. The van der Waals surface area contributed by atoms with Gasteiger partial charge in [0, 0.05) is 0 Å². The summed E-state index contributed by atoms with van der Waals surface area (Å²) >= 11 is 0. The maximum atomic E-state index is 2.81. The SMILES string of the molecule is CC.CC1C2CCCCC2C(C2CCCCC2)C2CC3C4CCCCC4C4CC5CCCCC5CC4C3CC12.c1ccccc1. The minimum Gasteiger partial charge on any atom is -0.0683 e. The topological polar surface area (TPSA) is 0 Å². The molecule has 0 radical (unpaired) electrons. The van der Waals surface area contributed by atoms with Crippen molar-refractivity contribution in [1.29, 1.82) is 0 Å². The Kier molecular flexibility index (Phi) is 11.1.